The molecule has 84 valence electrons. The zero-order valence-electron chi connectivity index (χ0n) is 8.91. The van der Waals surface area contributed by atoms with E-state index in [2.05, 4.69) is 5.92 Å². The van der Waals surface area contributed by atoms with Crippen LogP contribution in [-0.4, -0.2) is 12.9 Å². The largest absolute Gasteiger partial charge is 0.462 e. The Balaban J connectivity index is 2.06. The van der Waals surface area contributed by atoms with Gasteiger partial charge in [0.05, 0.1) is 6.61 Å². The summed E-state index contributed by atoms with van der Waals surface area (Å²) in [5.74, 6) is 2.13. The number of hydrogen-bond donors (Lipinski definition) is 0. The van der Waals surface area contributed by atoms with Crippen molar-refractivity contribution in [3.8, 4) is 18.1 Å². The number of ether oxygens (including phenoxy) is 2. The van der Waals surface area contributed by atoms with E-state index in [-0.39, 0.29) is 12.0 Å². The van der Waals surface area contributed by atoms with E-state index >= 15 is 0 Å². The van der Waals surface area contributed by atoms with Gasteiger partial charge in [-0.25, -0.2) is 4.39 Å². The Kier molecular flexibility index (Phi) is 3.43. The van der Waals surface area contributed by atoms with Crippen LogP contribution < -0.4 is 4.74 Å². The van der Waals surface area contributed by atoms with Crippen molar-refractivity contribution in [1.82, 2.24) is 0 Å². The zero-order valence-corrected chi connectivity index (χ0v) is 8.91. The smallest absolute Gasteiger partial charge is 0.199 e. The van der Waals surface area contributed by atoms with E-state index in [1.807, 2.05) is 0 Å². The molecule has 0 amide bonds. The summed E-state index contributed by atoms with van der Waals surface area (Å²) in [5.41, 5.74) is 0.509. The molecule has 0 spiro atoms. The van der Waals surface area contributed by atoms with Gasteiger partial charge in [0.15, 0.2) is 17.9 Å². The average Bonchev–Trinajstić information content (AvgIpc) is 2.33. The van der Waals surface area contributed by atoms with Crippen LogP contribution >= 0.6 is 0 Å². The number of benzene rings is 1. The minimum absolute atomic E-state index is 0.200. The summed E-state index contributed by atoms with van der Waals surface area (Å²) in [5, 5.41) is 0. The maximum absolute atomic E-state index is 13.5. The molecule has 3 heteroatoms. The van der Waals surface area contributed by atoms with Gasteiger partial charge in [0.25, 0.3) is 0 Å². The molecule has 0 bridgehead atoms. The summed E-state index contributed by atoms with van der Waals surface area (Å²) in [6.07, 6.45) is 7.73. The van der Waals surface area contributed by atoms with Gasteiger partial charge in [-0.2, -0.15) is 0 Å². The molecule has 2 nitrogen and oxygen atoms in total. The lowest BCUT2D eigenvalue weighted by Crippen LogP contribution is -2.25. The lowest BCUT2D eigenvalue weighted by Gasteiger charge is -2.23. The van der Waals surface area contributed by atoms with Crippen molar-refractivity contribution in [2.24, 2.45) is 0 Å². The van der Waals surface area contributed by atoms with Gasteiger partial charge in [-0.1, -0.05) is 5.92 Å². The summed E-state index contributed by atoms with van der Waals surface area (Å²) < 4.78 is 24.3. The molecule has 0 radical (unpaired) electrons. The molecule has 1 unspecified atom stereocenters. The number of rotatable bonds is 2. The summed E-state index contributed by atoms with van der Waals surface area (Å²) in [4.78, 5) is 0. The Hall–Kier alpha value is -1.53. The minimum atomic E-state index is -0.440. The van der Waals surface area contributed by atoms with Gasteiger partial charge in [0.1, 0.15) is 0 Å². The minimum Gasteiger partial charge on any atom is -0.462 e. The van der Waals surface area contributed by atoms with Gasteiger partial charge in [0.2, 0.25) is 0 Å². The Morgan fingerprint density at radius 3 is 2.94 bits per heavy atom. The van der Waals surface area contributed by atoms with Gasteiger partial charge in [0, 0.05) is 12.0 Å². The molecule has 0 aromatic heterocycles. The Bertz CT molecular complexity index is 403. The van der Waals surface area contributed by atoms with Crippen molar-refractivity contribution in [2.75, 3.05) is 6.61 Å². The molecule has 1 aliphatic rings. The lowest BCUT2D eigenvalue weighted by molar-refractivity contribution is -0.107. The first-order valence-corrected chi connectivity index (χ1v) is 5.34. The maximum atomic E-state index is 13.5. The quantitative estimate of drug-likeness (QED) is 0.713. The molecule has 1 saturated heterocycles. The van der Waals surface area contributed by atoms with Crippen LogP contribution in [0.25, 0.3) is 0 Å². The fourth-order valence-electron chi connectivity index (χ4n) is 1.63. The van der Waals surface area contributed by atoms with Crippen LogP contribution in [0.15, 0.2) is 18.2 Å². The van der Waals surface area contributed by atoms with E-state index in [9.17, 15) is 4.39 Å². The Morgan fingerprint density at radius 1 is 1.44 bits per heavy atom. The van der Waals surface area contributed by atoms with Gasteiger partial charge in [-0.05, 0) is 31.0 Å². The van der Waals surface area contributed by atoms with Crippen LogP contribution in [0, 0.1) is 18.2 Å². The van der Waals surface area contributed by atoms with Crippen molar-refractivity contribution in [1.29, 1.82) is 0 Å². The predicted molar refractivity (Wildman–Crippen MR) is 58.6 cm³/mol. The van der Waals surface area contributed by atoms with Crippen molar-refractivity contribution < 1.29 is 13.9 Å². The summed E-state index contributed by atoms with van der Waals surface area (Å²) in [7, 11) is 0. The Morgan fingerprint density at radius 2 is 2.31 bits per heavy atom. The predicted octanol–water partition coefficient (Wildman–Crippen LogP) is 2.71. The van der Waals surface area contributed by atoms with Gasteiger partial charge in [-0.3, -0.25) is 0 Å². The lowest BCUT2D eigenvalue weighted by atomic mass is 10.2. The highest BCUT2D eigenvalue weighted by atomic mass is 19.1. The normalized spacial score (nSPS) is 20.1. The molecule has 16 heavy (non-hydrogen) atoms. The molecule has 0 aliphatic carbocycles. The van der Waals surface area contributed by atoms with Gasteiger partial charge >= 0.3 is 0 Å². The molecule has 0 N–H and O–H groups in total. The number of halogens is 1. The van der Waals surface area contributed by atoms with E-state index in [1.54, 1.807) is 12.1 Å². The fourth-order valence-corrected chi connectivity index (χ4v) is 1.63. The van der Waals surface area contributed by atoms with Crippen molar-refractivity contribution in [2.45, 2.75) is 25.6 Å². The second kappa shape index (κ2) is 5.00. The molecule has 1 fully saturated rings. The van der Waals surface area contributed by atoms with Crippen LogP contribution in [0.2, 0.25) is 0 Å². The molecule has 1 aliphatic heterocycles. The van der Waals surface area contributed by atoms with E-state index in [0.717, 1.165) is 19.3 Å². The van der Waals surface area contributed by atoms with E-state index in [4.69, 9.17) is 15.9 Å². The highest BCUT2D eigenvalue weighted by Crippen LogP contribution is 2.22. The first kappa shape index (κ1) is 11.0. The molecule has 2 rings (SSSR count). The molecule has 1 aromatic rings. The molecule has 1 atom stereocenters. The van der Waals surface area contributed by atoms with Crippen molar-refractivity contribution in [3.63, 3.8) is 0 Å². The van der Waals surface area contributed by atoms with Crippen LogP contribution in [0.1, 0.15) is 24.8 Å². The van der Waals surface area contributed by atoms with Crippen LogP contribution in [0.4, 0.5) is 4.39 Å². The first-order chi connectivity index (χ1) is 7.79. The first-order valence-electron chi connectivity index (χ1n) is 5.34. The van der Waals surface area contributed by atoms with Gasteiger partial charge in [-0.15, -0.1) is 6.42 Å². The topological polar surface area (TPSA) is 18.5 Å². The third-order valence-electron chi connectivity index (χ3n) is 2.49. The SMILES string of the molecule is C#Cc1ccc(OC2CCCCO2)c(F)c1. The van der Waals surface area contributed by atoms with Crippen molar-refractivity contribution in [3.05, 3.63) is 29.6 Å². The number of hydrogen-bond acceptors (Lipinski definition) is 2. The Labute approximate surface area is 94.4 Å². The molecule has 0 saturated carbocycles. The third-order valence-corrected chi connectivity index (χ3v) is 2.49. The fraction of sp³-hybridized carbons (Fsp3) is 0.385. The molecule has 1 heterocycles. The van der Waals surface area contributed by atoms with E-state index in [1.165, 1.54) is 6.07 Å². The van der Waals surface area contributed by atoms with Crippen molar-refractivity contribution >= 4 is 0 Å². The molecule has 1 aromatic carbocycles. The zero-order chi connectivity index (χ0) is 11.4. The van der Waals surface area contributed by atoms with Crippen LogP contribution in [0.5, 0.6) is 5.75 Å². The average molecular weight is 220 g/mol. The monoisotopic (exact) mass is 220 g/mol. The number of terminal acetylenes is 1. The molecular formula is C13H13FO2. The second-order valence-electron chi connectivity index (χ2n) is 3.70. The van der Waals surface area contributed by atoms with Crippen LogP contribution in [-0.2, 0) is 4.74 Å². The standard InChI is InChI=1S/C13H13FO2/c1-2-10-6-7-12(11(14)9-10)16-13-5-3-4-8-15-13/h1,6-7,9,13H,3-5,8H2. The summed E-state index contributed by atoms with van der Waals surface area (Å²) in [6.45, 7) is 0.675. The van der Waals surface area contributed by atoms with E-state index in [0.29, 0.717) is 12.2 Å². The maximum Gasteiger partial charge on any atom is 0.199 e. The second-order valence-corrected chi connectivity index (χ2v) is 3.70. The van der Waals surface area contributed by atoms with Crippen LogP contribution in [0.3, 0.4) is 0 Å². The highest BCUT2D eigenvalue weighted by Gasteiger charge is 2.16. The third kappa shape index (κ3) is 2.53. The highest BCUT2D eigenvalue weighted by molar-refractivity contribution is 5.37. The summed E-state index contributed by atoms with van der Waals surface area (Å²) in [6, 6.07) is 4.49. The summed E-state index contributed by atoms with van der Waals surface area (Å²) >= 11 is 0. The van der Waals surface area contributed by atoms with Gasteiger partial charge < -0.3 is 9.47 Å². The molecular weight excluding hydrogens is 207 g/mol. The van der Waals surface area contributed by atoms with E-state index < -0.39 is 5.82 Å².